The van der Waals surface area contributed by atoms with Crippen molar-refractivity contribution in [3.8, 4) is 0 Å². The van der Waals surface area contributed by atoms with Gasteiger partial charge in [-0.2, -0.15) is 0 Å². The van der Waals surface area contributed by atoms with E-state index >= 15 is 0 Å². The van der Waals surface area contributed by atoms with Crippen molar-refractivity contribution in [3.05, 3.63) is 0 Å². The fourth-order valence-corrected chi connectivity index (χ4v) is 0. The molecule has 4 nitrogen and oxygen atoms in total. The van der Waals surface area contributed by atoms with E-state index in [-0.39, 0.29) is 68.5 Å². The molecule has 0 aromatic carbocycles. The molecule has 0 bridgehead atoms. The Kier molecular flexibility index (Phi) is 14.6. The molecule has 0 aromatic rings. The zero-order chi connectivity index (χ0) is 4.50. The van der Waals surface area contributed by atoms with Gasteiger partial charge in [-0.15, -0.1) is 0 Å². The second-order valence-electron chi connectivity index (χ2n) is 0.600. The Morgan fingerprint density at radius 2 is 0.857 bits per heavy atom. The van der Waals surface area contributed by atoms with Crippen LogP contribution in [0.1, 0.15) is 0 Å². The third-order valence-electron chi connectivity index (χ3n) is 0. The maximum atomic E-state index is 7.33. The molecule has 0 aliphatic carbocycles. The van der Waals surface area contributed by atoms with E-state index in [0.717, 1.165) is 0 Å². The van der Waals surface area contributed by atoms with Crippen molar-refractivity contribution >= 4 is 60.4 Å². The molecule has 0 spiro atoms. The van der Waals surface area contributed by atoms with Crippen LogP contribution in [-0.2, 0) is 17.1 Å². The van der Waals surface area contributed by atoms with Crippen LogP contribution in [0, 0.1) is 0 Å². The average molecular weight is 200 g/mol. The van der Waals surface area contributed by atoms with Gasteiger partial charge in [-0.25, -0.2) is 0 Å². The van der Waals surface area contributed by atoms with E-state index in [0.29, 0.717) is 0 Å². The van der Waals surface area contributed by atoms with Gasteiger partial charge in [-0.3, -0.25) is 0 Å². The summed E-state index contributed by atoms with van der Waals surface area (Å²) in [7, 11) is -4.61. The number of hydrogen-bond donors (Lipinski definition) is 4. The van der Waals surface area contributed by atoms with Crippen molar-refractivity contribution in [2.45, 2.75) is 0 Å². The van der Waals surface area contributed by atoms with Crippen molar-refractivity contribution in [3.63, 3.8) is 0 Å². The molecule has 0 amide bonds. The maximum absolute atomic E-state index is 7.33. The first-order chi connectivity index (χ1) is 2.00. The standard InChI is InChI=1S/Cu.K.H4O4Si.H/c;;1-5(2,3)4;/h;;1-4H;. The fraction of sp³-hybridized carbons (Fsp3) is 0. The van der Waals surface area contributed by atoms with Gasteiger partial charge in [0.15, 0.2) is 0 Å². The Labute approximate surface area is 94.9 Å². The Bertz CT molecular complexity index is 27.2. The SMILES string of the molecule is O[Si](O)(O)O.[Cu].[KH]. The molecule has 0 saturated carbocycles. The Morgan fingerprint density at radius 3 is 0.857 bits per heavy atom. The van der Waals surface area contributed by atoms with Gasteiger partial charge >= 0.3 is 60.4 Å². The van der Waals surface area contributed by atoms with E-state index in [4.69, 9.17) is 19.2 Å². The van der Waals surface area contributed by atoms with Gasteiger partial charge in [0, 0.05) is 17.1 Å². The predicted molar refractivity (Wildman–Crippen MR) is 21.8 cm³/mol. The molecule has 45 valence electrons. The van der Waals surface area contributed by atoms with Gasteiger partial charge < -0.3 is 19.2 Å². The molecule has 0 atom stereocenters. The summed E-state index contributed by atoms with van der Waals surface area (Å²) in [5.41, 5.74) is 0. The van der Waals surface area contributed by atoms with E-state index in [1.165, 1.54) is 0 Å². The molecule has 7 heavy (non-hydrogen) atoms. The van der Waals surface area contributed by atoms with Crippen LogP contribution in [0.4, 0.5) is 0 Å². The molecular formula is H5CuKO4Si. The second-order valence-corrected chi connectivity index (χ2v) is 1.80. The first-order valence-electron chi connectivity index (χ1n) is 0.894. The fourth-order valence-electron chi connectivity index (χ4n) is 0. The molecule has 0 aliphatic rings. The van der Waals surface area contributed by atoms with Crippen LogP contribution in [0.2, 0.25) is 0 Å². The van der Waals surface area contributed by atoms with E-state index in [2.05, 4.69) is 0 Å². The molecule has 1 radical (unpaired) electrons. The van der Waals surface area contributed by atoms with Crippen molar-refractivity contribution in [2.75, 3.05) is 0 Å². The monoisotopic (exact) mass is 199 g/mol. The van der Waals surface area contributed by atoms with E-state index in [9.17, 15) is 0 Å². The Balaban J connectivity index is -0.0000000800. The number of hydrogen-bond acceptors (Lipinski definition) is 4. The summed E-state index contributed by atoms with van der Waals surface area (Å²) in [6.45, 7) is 0. The third kappa shape index (κ3) is 64.7. The van der Waals surface area contributed by atoms with Crippen LogP contribution >= 0.6 is 0 Å². The summed E-state index contributed by atoms with van der Waals surface area (Å²) in [6.07, 6.45) is 0. The molecule has 0 heterocycles. The van der Waals surface area contributed by atoms with Crippen LogP contribution < -0.4 is 0 Å². The molecule has 0 aromatic heterocycles. The molecule has 0 aliphatic heterocycles. The predicted octanol–water partition coefficient (Wildman–Crippen LogP) is -3.26. The normalized spacial score (nSPS) is 8.57. The van der Waals surface area contributed by atoms with Crippen LogP contribution in [0.3, 0.4) is 0 Å². The molecule has 0 fully saturated rings. The topological polar surface area (TPSA) is 80.9 Å². The van der Waals surface area contributed by atoms with Crippen LogP contribution in [-0.4, -0.2) is 79.6 Å². The zero-order valence-corrected chi connectivity index (χ0v) is 4.53. The van der Waals surface area contributed by atoms with Gasteiger partial charge in [-0.1, -0.05) is 0 Å². The van der Waals surface area contributed by atoms with E-state index in [1.54, 1.807) is 0 Å². The van der Waals surface area contributed by atoms with Crippen molar-refractivity contribution in [2.24, 2.45) is 0 Å². The van der Waals surface area contributed by atoms with Crippen molar-refractivity contribution in [1.29, 1.82) is 0 Å². The third-order valence-corrected chi connectivity index (χ3v) is 0. The first kappa shape index (κ1) is 16.1. The van der Waals surface area contributed by atoms with Crippen molar-refractivity contribution < 1.29 is 36.3 Å². The Morgan fingerprint density at radius 1 is 0.857 bits per heavy atom. The van der Waals surface area contributed by atoms with Gasteiger partial charge in [0.2, 0.25) is 0 Å². The zero-order valence-electron chi connectivity index (χ0n) is 2.59. The van der Waals surface area contributed by atoms with Gasteiger partial charge in [0.05, 0.1) is 0 Å². The summed E-state index contributed by atoms with van der Waals surface area (Å²) in [5, 5.41) is 0. The first-order valence-corrected chi connectivity index (χ1v) is 2.68. The van der Waals surface area contributed by atoms with Crippen LogP contribution in [0.25, 0.3) is 0 Å². The minimum atomic E-state index is -4.61. The van der Waals surface area contributed by atoms with E-state index < -0.39 is 9.05 Å². The molecule has 0 rings (SSSR count). The van der Waals surface area contributed by atoms with Crippen molar-refractivity contribution in [1.82, 2.24) is 0 Å². The Hall–Kier alpha value is 2.21. The average Bonchev–Trinajstić information content (AvgIpc) is 0.722. The molecule has 4 N–H and O–H groups in total. The second kappa shape index (κ2) is 6.33. The molecule has 0 unspecified atom stereocenters. The van der Waals surface area contributed by atoms with E-state index in [1.807, 2.05) is 0 Å². The van der Waals surface area contributed by atoms with Gasteiger partial charge in [-0.05, 0) is 0 Å². The quantitative estimate of drug-likeness (QED) is 0.309. The molecule has 0 saturated heterocycles. The van der Waals surface area contributed by atoms with Crippen LogP contribution in [0.5, 0.6) is 0 Å². The van der Waals surface area contributed by atoms with Gasteiger partial charge in [0.25, 0.3) is 0 Å². The van der Waals surface area contributed by atoms with Crippen LogP contribution in [0.15, 0.2) is 0 Å². The summed E-state index contributed by atoms with van der Waals surface area (Å²) >= 11 is 0. The summed E-state index contributed by atoms with van der Waals surface area (Å²) in [6, 6.07) is 0. The molecule has 7 heteroatoms. The summed E-state index contributed by atoms with van der Waals surface area (Å²) < 4.78 is 0. The summed E-state index contributed by atoms with van der Waals surface area (Å²) in [4.78, 5) is 29.3. The summed E-state index contributed by atoms with van der Waals surface area (Å²) in [5.74, 6) is 0. The minimum absolute atomic E-state index is 0. The molecular weight excluding hydrogens is 195 g/mol. The number of rotatable bonds is 0. The van der Waals surface area contributed by atoms with Gasteiger partial charge in [0.1, 0.15) is 0 Å².